The second-order valence-corrected chi connectivity index (χ2v) is 8.62. The summed E-state index contributed by atoms with van der Waals surface area (Å²) in [6, 6.07) is 12.1. The number of nitrogens with zero attached hydrogens (tertiary/aromatic N) is 1. The van der Waals surface area contributed by atoms with Crippen LogP contribution in [0.15, 0.2) is 48.5 Å². The summed E-state index contributed by atoms with van der Waals surface area (Å²) in [7, 11) is 0. The maximum atomic E-state index is 12.1. The number of hydrogen-bond donors (Lipinski definition) is 1. The number of esters is 1. The lowest BCUT2D eigenvalue weighted by Gasteiger charge is -2.13. The highest BCUT2D eigenvalue weighted by Gasteiger charge is 2.27. The number of rotatable bonds is 10. The molecule has 0 saturated heterocycles. The van der Waals surface area contributed by atoms with E-state index in [0.29, 0.717) is 5.75 Å². The smallest absolute Gasteiger partial charge is 0.344 e. The molecule has 188 valence electrons. The summed E-state index contributed by atoms with van der Waals surface area (Å²) in [6.45, 7) is 1.17. The van der Waals surface area contributed by atoms with Gasteiger partial charge in [-0.25, -0.2) is 9.59 Å². The normalized spacial score (nSPS) is 10.6. The first-order valence-corrected chi connectivity index (χ1v) is 11.4. The quantitative estimate of drug-likeness (QED) is 0.171. The number of aromatic carboxylic acids is 1. The Morgan fingerprint density at radius 3 is 2.33 bits per heavy atom. The van der Waals surface area contributed by atoms with Gasteiger partial charge < -0.3 is 19.3 Å². The fourth-order valence-corrected chi connectivity index (χ4v) is 4.10. The van der Waals surface area contributed by atoms with Crippen LogP contribution in [0.2, 0.25) is 15.1 Å². The number of nitro benzene ring substituents is 1. The van der Waals surface area contributed by atoms with Crippen molar-refractivity contribution in [3.05, 3.63) is 90.4 Å². The fraction of sp³-hybridized carbons (Fsp3) is 0.167. The molecule has 36 heavy (non-hydrogen) atoms. The molecule has 0 atom stereocenters. The predicted octanol–water partition coefficient (Wildman–Crippen LogP) is 6.52. The van der Waals surface area contributed by atoms with Crippen LogP contribution in [0.4, 0.5) is 5.69 Å². The lowest BCUT2D eigenvalue weighted by Crippen LogP contribution is -2.17. The maximum absolute atomic E-state index is 12.1. The molecule has 9 nitrogen and oxygen atoms in total. The Balaban J connectivity index is 1.79. The summed E-state index contributed by atoms with van der Waals surface area (Å²) >= 11 is 18.1. The van der Waals surface area contributed by atoms with E-state index in [2.05, 4.69) is 0 Å². The lowest BCUT2D eigenvalue weighted by molar-refractivity contribution is -0.385. The van der Waals surface area contributed by atoms with Crippen molar-refractivity contribution in [2.24, 2.45) is 0 Å². The Labute approximate surface area is 220 Å². The minimum absolute atomic E-state index is 0.0151. The lowest BCUT2D eigenvalue weighted by atomic mass is 10.0. The molecule has 0 unspecified atom stereocenters. The molecule has 0 spiro atoms. The zero-order valence-corrected chi connectivity index (χ0v) is 20.9. The molecule has 3 aromatic rings. The van der Waals surface area contributed by atoms with E-state index in [1.807, 2.05) is 19.1 Å². The third-order valence-corrected chi connectivity index (χ3v) is 5.61. The first-order valence-electron chi connectivity index (χ1n) is 10.3. The van der Waals surface area contributed by atoms with Crippen LogP contribution in [0.25, 0.3) is 0 Å². The van der Waals surface area contributed by atoms with Crippen LogP contribution in [0.5, 0.6) is 17.2 Å². The van der Waals surface area contributed by atoms with E-state index in [-0.39, 0.29) is 51.8 Å². The summed E-state index contributed by atoms with van der Waals surface area (Å²) in [5, 5.41) is 21.6. The zero-order chi connectivity index (χ0) is 26.4. The van der Waals surface area contributed by atoms with Crippen LogP contribution in [0.3, 0.4) is 0 Å². The number of ether oxygens (including phenoxy) is 3. The van der Waals surface area contributed by atoms with Crippen LogP contribution in [-0.4, -0.2) is 35.2 Å². The Hall–Kier alpha value is -3.53. The van der Waals surface area contributed by atoms with Gasteiger partial charge in [0.1, 0.15) is 17.1 Å². The van der Waals surface area contributed by atoms with Gasteiger partial charge in [-0.1, -0.05) is 53.0 Å². The first kappa shape index (κ1) is 27.1. The van der Waals surface area contributed by atoms with Crippen molar-refractivity contribution in [2.75, 3.05) is 13.2 Å². The number of carboxylic acid groups (broad SMARTS) is 1. The zero-order valence-electron chi connectivity index (χ0n) is 18.6. The maximum Gasteiger partial charge on any atom is 0.344 e. The van der Waals surface area contributed by atoms with Gasteiger partial charge in [0.05, 0.1) is 21.6 Å². The van der Waals surface area contributed by atoms with Crippen LogP contribution >= 0.6 is 34.8 Å². The van der Waals surface area contributed by atoms with Gasteiger partial charge in [0, 0.05) is 23.1 Å². The SMILES string of the molecule is Cc1ccccc1OCC(=O)OCCc1cc(Oc2c(Cl)cc(Cl)cc2Cl)cc(C(=O)O)c1[N+](=O)[O-]. The van der Waals surface area contributed by atoms with Crippen LogP contribution in [-0.2, 0) is 16.0 Å². The molecule has 0 aliphatic heterocycles. The molecule has 0 fully saturated rings. The van der Waals surface area contributed by atoms with Gasteiger partial charge in [0.15, 0.2) is 12.4 Å². The molecule has 0 aromatic heterocycles. The molecule has 12 heteroatoms. The van der Waals surface area contributed by atoms with E-state index >= 15 is 0 Å². The summed E-state index contributed by atoms with van der Waals surface area (Å²) in [5.74, 6) is -1.83. The largest absolute Gasteiger partial charge is 0.482 e. The summed E-state index contributed by atoms with van der Waals surface area (Å²) in [4.78, 5) is 34.7. The van der Waals surface area contributed by atoms with Crippen molar-refractivity contribution in [1.82, 2.24) is 0 Å². The van der Waals surface area contributed by atoms with E-state index in [1.165, 1.54) is 18.2 Å². The van der Waals surface area contributed by atoms with Crippen molar-refractivity contribution >= 4 is 52.4 Å². The molecule has 0 amide bonds. The van der Waals surface area contributed by atoms with Gasteiger partial charge in [-0.3, -0.25) is 10.1 Å². The van der Waals surface area contributed by atoms with Crippen LogP contribution < -0.4 is 9.47 Å². The number of hydrogen-bond acceptors (Lipinski definition) is 7. The van der Waals surface area contributed by atoms with Gasteiger partial charge in [0.25, 0.3) is 5.69 Å². The second-order valence-electron chi connectivity index (χ2n) is 7.37. The minimum Gasteiger partial charge on any atom is -0.482 e. The van der Waals surface area contributed by atoms with Crippen LogP contribution in [0, 0.1) is 17.0 Å². The van der Waals surface area contributed by atoms with Gasteiger partial charge in [-0.15, -0.1) is 0 Å². The van der Waals surface area contributed by atoms with E-state index in [9.17, 15) is 24.8 Å². The van der Waals surface area contributed by atoms with E-state index in [1.54, 1.807) is 12.1 Å². The topological polar surface area (TPSA) is 125 Å². The number of carboxylic acids is 1. The number of halogens is 3. The summed E-state index contributed by atoms with van der Waals surface area (Å²) in [5.41, 5.74) is -0.484. The highest BCUT2D eigenvalue weighted by Crippen LogP contribution is 2.40. The molecule has 1 N–H and O–H groups in total. The van der Waals surface area contributed by atoms with E-state index in [0.717, 1.165) is 11.6 Å². The fourth-order valence-electron chi connectivity index (χ4n) is 3.21. The van der Waals surface area contributed by atoms with Crippen molar-refractivity contribution in [2.45, 2.75) is 13.3 Å². The number of nitro groups is 1. The highest BCUT2D eigenvalue weighted by atomic mass is 35.5. The average molecular weight is 555 g/mol. The first-order chi connectivity index (χ1) is 17.1. The Morgan fingerprint density at radius 2 is 1.72 bits per heavy atom. The monoisotopic (exact) mass is 553 g/mol. The number of benzene rings is 3. The molecule has 0 radical (unpaired) electrons. The van der Waals surface area contributed by atoms with Crippen molar-refractivity contribution < 1.29 is 33.8 Å². The number of aryl methyl sites for hydroxylation is 1. The summed E-state index contributed by atoms with van der Waals surface area (Å²) < 4.78 is 16.2. The van der Waals surface area contributed by atoms with Gasteiger partial charge in [0.2, 0.25) is 0 Å². The molecule has 3 rings (SSSR count). The standard InChI is InChI=1S/C24H18Cl3NO8/c1-13-4-2-3-5-20(13)35-12-21(29)34-7-6-14-8-16(11-17(24(30)31)22(14)28(32)33)36-23-18(26)9-15(25)10-19(23)27/h2-5,8-11H,6-7,12H2,1H3,(H,30,31). The van der Waals surface area contributed by atoms with Crippen molar-refractivity contribution in [1.29, 1.82) is 0 Å². The highest BCUT2D eigenvalue weighted by molar-refractivity contribution is 6.40. The third kappa shape index (κ3) is 6.78. The molecule has 0 aliphatic carbocycles. The summed E-state index contributed by atoms with van der Waals surface area (Å²) in [6.07, 6.45) is -0.175. The minimum atomic E-state index is -1.55. The Kier molecular flexibility index (Phi) is 8.98. The van der Waals surface area contributed by atoms with Gasteiger partial charge in [-0.05, 0) is 36.8 Å². The number of carbonyl (C=O) groups is 2. The molecule has 0 heterocycles. The van der Waals surface area contributed by atoms with Gasteiger partial charge in [-0.2, -0.15) is 0 Å². The van der Waals surface area contributed by atoms with Crippen molar-refractivity contribution in [3.63, 3.8) is 0 Å². The van der Waals surface area contributed by atoms with Crippen molar-refractivity contribution in [3.8, 4) is 17.2 Å². The Morgan fingerprint density at radius 1 is 1.06 bits per heavy atom. The third-order valence-electron chi connectivity index (χ3n) is 4.83. The average Bonchev–Trinajstić information content (AvgIpc) is 2.80. The number of para-hydroxylation sites is 1. The Bertz CT molecular complexity index is 1310. The molecule has 0 saturated carbocycles. The van der Waals surface area contributed by atoms with Gasteiger partial charge >= 0.3 is 11.9 Å². The predicted molar refractivity (Wildman–Crippen MR) is 133 cm³/mol. The molecule has 0 bridgehead atoms. The molecular weight excluding hydrogens is 537 g/mol. The second kappa shape index (κ2) is 11.9. The van der Waals surface area contributed by atoms with Crippen LogP contribution in [0.1, 0.15) is 21.5 Å². The molecule has 3 aromatic carbocycles. The molecule has 0 aliphatic rings. The number of carbonyl (C=O) groups excluding carboxylic acids is 1. The van der Waals surface area contributed by atoms with E-state index < -0.39 is 28.1 Å². The van der Waals surface area contributed by atoms with E-state index in [4.69, 9.17) is 49.0 Å². The molecular formula is C24H18Cl3NO8.